The number of thiophene rings is 1. The van der Waals surface area contributed by atoms with Gasteiger partial charge in [0, 0.05) is 53.3 Å². The van der Waals surface area contributed by atoms with Gasteiger partial charge in [-0.2, -0.15) is 0 Å². The quantitative estimate of drug-likeness (QED) is 0.169. The van der Waals surface area contributed by atoms with Crippen molar-refractivity contribution in [2.75, 3.05) is 0 Å². The minimum atomic E-state index is 0.636. The summed E-state index contributed by atoms with van der Waals surface area (Å²) in [5, 5.41) is 12.5. The third-order valence-corrected chi connectivity index (χ3v) is 12.3. The van der Waals surface area contributed by atoms with Gasteiger partial charge in [-0.1, -0.05) is 146 Å². The fourth-order valence-electron chi connectivity index (χ4n) is 8.74. The zero-order chi connectivity index (χ0) is 36.7. The molecule has 0 aliphatic rings. The van der Waals surface area contributed by atoms with Gasteiger partial charge in [0.1, 0.15) is 0 Å². The zero-order valence-electron chi connectivity index (χ0n) is 30.0. The first-order valence-electron chi connectivity index (χ1n) is 18.9. The zero-order valence-corrected chi connectivity index (χ0v) is 30.8. The number of fused-ring (bicyclic) bond motifs is 12. The van der Waals surface area contributed by atoms with Gasteiger partial charge in [0.2, 0.25) is 0 Å². The van der Waals surface area contributed by atoms with Crippen LogP contribution in [0, 0.1) is 0 Å². The Morgan fingerprint density at radius 3 is 1.91 bits per heavy atom. The van der Waals surface area contributed by atoms with Gasteiger partial charge in [-0.25, -0.2) is 15.0 Å². The third kappa shape index (κ3) is 4.68. The molecule has 0 N–H and O–H groups in total. The smallest absolute Gasteiger partial charge is 0.164 e. The SMILES string of the molecule is c1ccc(-c2nc(-c3cccc(-n4c5ccccc5c5c6ccc7ccc8ccccc8c7c6ccc54)c3)nc(-c3cccc4sc5ccccc5c34)n2)cc1. The third-order valence-electron chi connectivity index (χ3n) is 11.2. The standard InChI is InChI=1S/C51H30N4S/c1-2-13-33(14-3-1)49-52-50(54-51(53-49)41-20-11-23-45-48(41)40-19-7-9-22-44(40)56-45)34-15-10-16-35(30-34)55-42-21-8-6-18-39(42)47-38-27-26-32-25-24-31-12-4-5-17-36(31)46(32)37(38)28-29-43(47)55/h1-30H. The van der Waals surface area contributed by atoms with E-state index in [1.165, 1.54) is 63.3 Å². The lowest BCUT2D eigenvalue weighted by Gasteiger charge is -2.12. The second-order valence-electron chi connectivity index (χ2n) is 14.4. The number of aromatic nitrogens is 4. The summed E-state index contributed by atoms with van der Waals surface area (Å²) in [5.74, 6) is 1.95. The first-order valence-corrected chi connectivity index (χ1v) is 19.7. The Morgan fingerprint density at radius 1 is 0.357 bits per heavy atom. The van der Waals surface area contributed by atoms with Crippen LogP contribution in [0.1, 0.15) is 0 Å². The Hall–Kier alpha value is -7.21. The molecule has 0 saturated heterocycles. The van der Waals surface area contributed by atoms with Crippen molar-refractivity contribution in [2.24, 2.45) is 0 Å². The van der Waals surface area contributed by atoms with Crippen LogP contribution < -0.4 is 0 Å². The highest BCUT2D eigenvalue weighted by atomic mass is 32.1. The lowest BCUT2D eigenvalue weighted by atomic mass is 9.94. The van der Waals surface area contributed by atoms with Crippen LogP contribution in [0.25, 0.3) is 114 Å². The summed E-state index contributed by atoms with van der Waals surface area (Å²) in [6.45, 7) is 0. The van der Waals surface area contributed by atoms with Crippen molar-refractivity contribution in [3.8, 4) is 39.9 Å². The van der Waals surface area contributed by atoms with E-state index >= 15 is 0 Å². The highest BCUT2D eigenvalue weighted by Gasteiger charge is 2.19. The van der Waals surface area contributed by atoms with Gasteiger partial charge in [-0.15, -0.1) is 11.3 Å². The van der Waals surface area contributed by atoms with Crippen LogP contribution in [-0.2, 0) is 0 Å². The van der Waals surface area contributed by atoms with E-state index in [0.29, 0.717) is 17.5 Å². The van der Waals surface area contributed by atoms with Crippen LogP contribution in [0.5, 0.6) is 0 Å². The molecule has 5 heteroatoms. The van der Waals surface area contributed by atoms with Crippen molar-refractivity contribution in [3.63, 3.8) is 0 Å². The minimum absolute atomic E-state index is 0.636. The first-order chi connectivity index (χ1) is 27.8. The molecular formula is C51H30N4S. The lowest BCUT2D eigenvalue weighted by molar-refractivity contribution is 1.07. The van der Waals surface area contributed by atoms with Crippen molar-refractivity contribution in [1.82, 2.24) is 19.5 Å². The van der Waals surface area contributed by atoms with Crippen LogP contribution in [0.2, 0.25) is 0 Å². The van der Waals surface area contributed by atoms with Crippen LogP contribution in [0.3, 0.4) is 0 Å². The predicted molar refractivity (Wildman–Crippen MR) is 236 cm³/mol. The number of para-hydroxylation sites is 1. The number of benzene rings is 9. The van der Waals surface area contributed by atoms with Gasteiger partial charge in [-0.3, -0.25) is 0 Å². The molecule has 0 amide bonds. The van der Waals surface area contributed by atoms with Gasteiger partial charge in [0.15, 0.2) is 17.5 Å². The molecule has 0 spiro atoms. The summed E-state index contributed by atoms with van der Waals surface area (Å²) in [4.78, 5) is 15.5. The Labute approximate surface area is 325 Å². The molecule has 0 fully saturated rings. The molecule has 260 valence electrons. The molecule has 4 nitrogen and oxygen atoms in total. The van der Waals surface area contributed by atoms with E-state index in [1.807, 2.05) is 18.2 Å². The molecule has 3 aromatic heterocycles. The summed E-state index contributed by atoms with van der Waals surface area (Å²) in [6.07, 6.45) is 0. The van der Waals surface area contributed by atoms with Crippen LogP contribution in [0.4, 0.5) is 0 Å². The van der Waals surface area contributed by atoms with Crippen molar-refractivity contribution < 1.29 is 0 Å². The van der Waals surface area contributed by atoms with E-state index in [0.717, 1.165) is 33.4 Å². The fourth-order valence-corrected chi connectivity index (χ4v) is 9.88. The summed E-state index contributed by atoms with van der Waals surface area (Å²) in [6, 6.07) is 65.0. The Kier molecular flexibility index (Phi) is 6.76. The molecule has 0 aliphatic heterocycles. The van der Waals surface area contributed by atoms with Gasteiger partial charge < -0.3 is 4.57 Å². The molecule has 0 saturated carbocycles. The van der Waals surface area contributed by atoms with Gasteiger partial charge >= 0.3 is 0 Å². The first kappa shape index (κ1) is 31.2. The fraction of sp³-hybridized carbons (Fsp3) is 0. The molecule has 56 heavy (non-hydrogen) atoms. The highest BCUT2D eigenvalue weighted by Crippen LogP contribution is 2.42. The van der Waals surface area contributed by atoms with Gasteiger partial charge in [0.05, 0.1) is 11.0 Å². The molecule has 0 aliphatic carbocycles. The molecule has 0 radical (unpaired) electrons. The second kappa shape index (κ2) is 12.2. The van der Waals surface area contributed by atoms with Crippen LogP contribution in [0.15, 0.2) is 182 Å². The molecule has 3 heterocycles. The molecule has 9 aromatic carbocycles. The normalized spacial score (nSPS) is 11.9. The summed E-state index contributed by atoms with van der Waals surface area (Å²) >= 11 is 1.80. The summed E-state index contributed by atoms with van der Waals surface area (Å²) in [5.41, 5.74) is 6.25. The Balaban J connectivity index is 1.09. The second-order valence-corrected chi connectivity index (χ2v) is 15.4. The monoisotopic (exact) mass is 730 g/mol. The topological polar surface area (TPSA) is 43.6 Å². The Morgan fingerprint density at radius 2 is 1.00 bits per heavy atom. The molecule has 12 aromatic rings. The molecular weight excluding hydrogens is 701 g/mol. The number of nitrogens with zero attached hydrogens (tertiary/aromatic N) is 4. The average molecular weight is 731 g/mol. The number of hydrogen-bond donors (Lipinski definition) is 0. The van der Waals surface area contributed by atoms with Crippen molar-refractivity contribution >= 4 is 85.6 Å². The van der Waals surface area contributed by atoms with E-state index in [4.69, 9.17) is 15.0 Å². The summed E-state index contributed by atoms with van der Waals surface area (Å²) < 4.78 is 4.86. The number of hydrogen-bond acceptors (Lipinski definition) is 4. The minimum Gasteiger partial charge on any atom is -0.309 e. The average Bonchev–Trinajstić information content (AvgIpc) is 3.82. The van der Waals surface area contributed by atoms with Crippen molar-refractivity contribution in [3.05, 3.63) is 182 Å². The molecule has 0 atom stereocenters. The van der Waals surface area contributed by atoms with Crippen molar-refractivity contribution in [1.29, 1.82) is 0 Å². The Bertz CT molecular complexity index is 3540. The largest absolute Gasteiger partial charge is 0.309 e. The molecule has 12 rings (SSSR count). The number of rotatable bonds is 4. The molecule has 0 bridgehead atoms. The van der Waals surface area contributed by atoms with Crippen molar-refractivity contribution in [2.45, 2.75) is 0 Å². The van der Waals surface area contributed by atoms with Gasteiger partial charge in [0.25, 0.3) is 0 Å². The maximum atomic E-state index is 5.25. The van der Waals surface area contributed by atoms with E-state index in [-0.39, 0.29) is 0 Å². The van der Waals surface area contributed by atoms with Gasteiger partial charge in [-0.05, 0) is 68.7 Å². The maximum absolute atomic E-state index is 5.25. The lowest BCUT2D eigenvalue weighted by Crippen LogP contribution is -2.01. The highest BCUT2D eigenvalue weighted by molar-refractivity contribution is 7.25. The van der Waals surface area contributed by atoms with Crippen LogP contribution >= 0.6 is 11.3 Å². The summed E-state index contributed by atoms with van der Waals surface area (Å²) in [7, 11) is 0. The maximum Gasteiger partial charge on any atom is 0.164 e. The van der Waals surface area contributed by atoms with E-state index in [2.05, 4.69) is 168 Å². The van der Waals surface area contributed by atoms with Crippen LogP contribution in [-0.4, -0.2) is 19.5 Å². The van der Waals surface area contributed by atoms with E-state index in [9.17, 15) is 0 Å². The molecule has 0 unspecified atom stereocenters. The van der Waals surface area contributed by atoms with E-state index in [1.54, 1.807) is 11.3 Å². The van der Waals surface area contributed by atoms with E-state index < -0.39 is 0 Å². The predicted octanol–water partition coefficient (Wildman–Crippen LogP) is 13.8.